The SMILES string of the molecule is CC(C)(C)c1ccc2c(c1)B1c3cc(C(C)(C)C)ccc3N(c3cccc4c3oc3ccccc34)c3cc(N4c5ccccc5C5(C)CCCCC45C)cc(c31)N2c1ccc2c(c1)sc1ccccc12. The fourth-order valence-electron chi connectivity index (χ4n) is 13.5. The molecule has 14 rings (SSSR count). The zero-order chi connectivity index (χ0) is 47.6. The highest BCUT2D eigenvalue weighted by Gasteiger charge is 2.58. The Labute approximate surface area is 416 Å². The second kappa shape index (κ2) is 14.4. The highest BCUT2D eigenvalue weighted by atomic mass is 32.1. The lowest BCUT2D eigenvalue weighted by molar-refractivity contribution is 0.195. The van der Waals surface area contributed by atoms with Crippen LogP contribution in [0.4, 0.5) is 45.5 Å². The van der Waals surface area contributed by atoms with E-state index in [1.165, 1.54) is 112 Å². The van der Waals surface area contributed by atoms with Crippen LogP contribution in [-0.4, -0.2) is 12.3 Å². The molecule has 4 aliphatic rings. The van der Waals surface area contributed by atoms with Gasteiger partial charge in [0.1, 0.15) is 5.58 Å². The van der Waals surface area contributed by atoms with Gasteiger partial charge in [-0.1, -0.05) is 158 Å². The van der Waals surface area contributed by atoms with Crippen molar-refractivity contribution < 1.29 is 4.42 Å². The van der Waals surface area contributed by atoms with Gasteiger partial charge in [0.05, 0.1) is 11.2 Å². The molecule has 0 saturated heterocycles. The Bertz CT molecular complexity index is 3850. The first-order valence-corrected chi connectivity index (χ1v) is 26.3. The molecule has 10 aromatic rings. The maximum absolute atomic E-state index is 7.02. The van der Waals surface area contributed by atoms with Crippen LogP contribution in [0, 0.1) is 0 Å². The summed E-state index contributed by atoms with van der Waals surface area (Å²) in [5.74, 6) is 0. The van der Waals surface area contributed by atoms with Crippen LogP contribution >= 0.6 is 11.3 Å². The summed E-state index contributed by atoms with van der Waals surface area (Å²) in [7, 11) is 0. The summed E-state index contributed by atoms with van der Waals surface area (Å²) >= 11 is 1.90. The van der Waals surface area contributed by atoms with E-state index >= 15 is 0 Å². The van der Waals surface area contributed by atoms with Gasteiger partial charge >= 0.3 is 0 Å². The lowest BCUT2D eigenvalue weighted by atomic mass is 9.33. The number of hydrogen-bond acceptors (Lipinski definition) is 5. The smallest absolute Gasteiger partial charge is 0.252 e. The fourth-order valence-corrected chi connectivity index (χ4v) is 14.6. The molecule has 70 heavy (non-hydrogen) atoms. The van der Waals surface area contributed by atoms with E-state index in [4.69, 9.17) is 4.42 Å². The zero-order valence-corrected chi connectivity index (χ0v) is 42.4. The molecule has 8 aromatic carbocycles. The van der Waals surface area contributed by atoms with Crippen LogP contribution in [-0.2, 0) is 16.2 Å². The number of furan rings is 1. The van der Waals surface area contributed by atoms with Crippen LogP contribution in [0.1, 0.15) is 97.8 Å². The maximum atomic E-state index is 7.02. The van der Waals surface area contributed by atoms with Crippen molar-refractivity contribution in [3.63, 3.8) is 0 Å². The number of thiophene rings is 1. The first-order valence-electron chi connectivity index (χ1n) is 25.5. The minimum absolute atomic E-state index is 0.00508. The summed E-state index contributed by atoms with van der Waals surface area (Å²) < 4.78 is 9.65. The monoisotopic (exact) mass is 927 g/mol. The lowest BCUT2D eigenvalue weighted by Gasteiger charge is -2.51. The molecule has 0 N–H and O–H groups in total. The zero-order valence-electron chi connectivity index (χ0n) is 41.6. The Kier molecular flexibility index (Phi) is 8.68. The molecule has 0 radical (unpaired) electrons. The summed E-state index contributed by atoms with van der Waals surface area (Å²) in [5.41, 5.74) is 19.4. The third kappa shape index (κ3) is 5.71. The highest BCUT2D eigenvalue weighted by molar-refractivity contribution is 7.25. The van der Waals surface area contributed by atoms with Crippen molar-refractivity contribution in [2.45, 2.75) is 103 Å². The van der Waals surface area contributed by atoms with Gasteiger partial charge in [0.15, 0.2) is 5.58 Å². The maximum Gasteiger partial charge on any atom is 0.252 e. The average Bonchev–Trinajstić information content (AvgIpc) is 3.99. The number of anilines is 8. The quantitative estimate of drug-likeness (QED) is 0.165. The second-order valence-electron chi connectivity index (χ2n) is 23.2. The molecule has 0 bridgehead atoms. The van der Waals surface area contributed by atoms with Crippen molar-refractivity contribution in [3.05, 3.63) is 174 Å². The molecular formula is C64H58BN3OS. The Hall–Kier alpha value is -6.76. The van der Waals surface area contributed by atoms with Crippen molar-refractivity contribution in [1.82, 2.24) is 0 Å². The van der Waals surface area contributed by atoms with Crippen molar-refractivity contribution >= 4 is 122 Å². The number of nitrogens with zero attached hydrogens (tertiary/aromatic N) is 3. The van der Waals surface area contributed by atoms with Gasteiger partial charge in [-0.25, -0.2) is 0 Å². The van der Waals surface area contributed by atoms with Crippen LogP contribution in [0.2, 0.25) is 0 Å². The van der Waals surface area contributed by atoms with E-state index in [0.29, 0.717) is 0 Å². The predicted octanol–water partition coefficient (Wildman–Crippen LogP) is 16.4. The van der Waals surface area contributed by atoms with Gasteiger partial charge in [-0.15, -0.1) is 11.3 Å². The minimum atomic E-state index is -0.137. The first-order chi connectivity index (χ1) is 33.7. The van der Waals surface area contributed by atoms with Gasteiger partial charge in [-0.3, -0.25) is 0 Å². The number of rotatable bonds is 3. The molecule has 0 spiro atoms. The van der Waals surface area contributed by atoms with E-state index in [1.807, 2.05) is 11.3 Å². The van der Waals surface area contributed by atoms with Crippen molar-refractivity contribution in [2.24, 2.45) is 0 Å². The molecule has 3 aliphatic heterocycles. The molecule has 5 heterocycles. The molecular weight excluding hydrogens is 870 g/mol. The van der Waals surface area contributed by atoms with Gasteiger partial charge in [0, 0.05) is 76.2 Å². The largest absolute Gasteiger partial charge is 0.454 e. The summed E-state index contributed by atoms with van der Waals surface area (Å²) in [6.45, 7) is 19.2. The lowest BCUT2D eigenvalue weighted by Crippen LogP contribution is -2.62. The third-order valence-corrected chi connectivity index (χ3v) is 18.4. The topological polar surface area (TPSA) is 22.9 Å². The van der Waals surface area contributed by atoms with Gasteiger partial charge < -0.3 is 19.1 Å². The van der Waals surface area contributed by atoms with E-state index in [-0.39, 0.29) is 28.5 Å². The molecule has 0 amide bonds. The number of benzene rings is 8. The highest BCUT2D eigenvalue weighted by Crippen LogP contribution is 2.62. The Morgan fingerprint density at radius 2 is 1.11 bits per heavy atom. The van der Waals surface area contributed by atoms with Crippen LogP contribution in [0.25, 0.3) is 42.1 Å². The standard InChI is InChI=1S/C64H58BN3OS/c1-61(2,3)39-26-30-51-48(34-39)65-49-35-40(62(4,5)6)27-31-52(49)67(53-23-17-20-46-43-18-9-13-24-56(43)69-60(46)53)55-37-42(68-50-22-12-11-21-47(50)63(7)32-15-16-33-64(63,68)8)36-54(59(55)65)66(51)41-28-29-45-44-19-10-14-25-57(44)70-58(45)38-41/h9-14,17-31,34-38H,15-16,32-33H2,1-8H3. The van der Waals surface area contributed by atoms with Crippen LogP contribution in [0.3, 0.4) is 0 Å². The minimum Gasteiger partial charge on any atom is -0.454 e. The summed E-state index contributed by atoms with van der Waals surface area (Å²) in [5, 5.41) is 4.90. The summed E-state index contributed by atoms with van der Waals surface area (Å²) in [6, 6.07) is 60.6. The first kappa shape index (κ1) is 42.2. The fraction of sp³-hybridized carbons (Fsp3) is 0.250. The molecule has 1 aliphatic carbocycles. The van der Waals surface area contributed by atoms with Crippen LogP contribution in [0.15, 0.2) is 162 Å². The predicted molar refractivity (Wildman–Crippen MR) is 301 cm³/mol. The van der Waals surface area contributed by atoms with Crippen molar-refractivity contribution in [3.8, 4) is 0 Å². The normalized spacial score (nSPS) is 19.5. The van der Waals surface area contributed by atoms with E-state index < -0.39 is 0 Å². The van der Waals surface area contributed by atoms with Crippen molar-refractivity contribution in [1.29, 1.82) is 0 Å². The molecule has 344 valence electrons. The van der Waals surface area contributed by atoms with E-state index in [9.17, 15) is 0 Å². The molecule has 6 heteroatoms. The van der Waals surface area contributed by atoms with Crippen LogP contribution in [0.5, 0.6) is 0 Å². The Morgan fingerprint density at radius 3 is 1.87 bits per heavy atom. The molecule has 1 saturated carbocycles. The Morgan fingerprint density at radius 1 is 0.500 bits per heavy atom. The molecule has 4 nitrogen and oxygen atoms in total. The van der Waals surface area contributed by atoms with E-state index in [2.05, 4.69) is 228 Å². The van der Waals surface area contributed by atoms with Gasteiger partial charge in [0.25, 0.3) is 6.71 Å². The number of hydrogen-bond donors (Lipinski definition) is 0. The second-order valence-corrected chi connectivity index (χ2v) is 24.3. The number of para-hydroxylation sites is 3. The van der Waals surface area contributed by atoms with Crippen molar-refractivity contribution in [2.75, 3.05) is 14.7 Å². The third-order valence-electron chi connectivity index (χ3n) is 17.3. The van der Waals surface area contributed by atoms with Gasteiger partial charge in [-0.05, 0) is 124 Å². The van der Waals surface area contributed by atoms with Gasteiger partial charge in [0.2, 0.25) is 0 Å². The molecule has 1 fully saturated rings. The molecule has 2 unspecified atom stereocenters. The van der Waals surface area contributed by atoms with E-state index in [0.717, 1.165) is 34.0 Å². The Balaban J connectivity index is 1.13. The average molecular weight is 928 g/mol. The van der Waals surface area contributed by atoms with Gasteiger partial charge in [-0.2, -0.15) is 0 Å². The van der Waals surface area contributed by atoms with E-state index in [1.54, 1.807) is 0 Å². The molecule has 2 aromatic heterocycles. The number of fused-ring (bicyclic) bond motifs is 13. The molecule has 2 atom stereocenters. The summed E-state index contributed by atoms with van der Waals surface area (Å²) in [6.07, 6.45) is 4.75. The van der Waals surface area contributed by atoms with Crippen LogP contribution < -0.4 is 31.1 Å². The summed E-state index contributed by atoms with van der Waals surface area (Å²) in [4.78, 5) is 7.99.